The number of amides is 1. The van der Waals surface area contributed by atoms with Gasteiger partial charge in [0, 0.05) is 16.0 Å². The van der Waals surface area contributed by atoms with E-state index in [1.807, 2.05) is 11.4 Å². The molecule has 8 heteroatoms. The van der Waals surface area contributed by atoms with Crippen LogP contribution in [0.1, 0.15) is 48.2 Å². The molecule has 3 aromatic rings. The predicted octanol–water partition coefficient (Wildman–Crippen LogP) is 7.18. The Morgan fingerprint density at radius 2 is 1.85 bits per heavy atom. The highest BCUT2D eigenvalue weighted by Gasteiger charge is 2.25. The van der Waals surface area contributed by atoms with Crippen molar-refractivity contribution in [3.63, 3.8) is 0 Å². The first-order valence-electron chi connectivity index (χ1n) is 11.2. The minimum atomic E-state index is -0.858. The zero-order chi connectivity index (χ0) is 24.2. The fraction of sp³-hybridized carbons (Fsp3) is 0.308. The van der Waals surface area contributed by atoms with Gasteiger partial charge in [-0.15, -0.1) is 11.3 Å². The lowest BCUT2D eigenvalue weighted by Crippen LogP contribution is -2.30. The van der Waals surface area contributed by atoms with Crippen LogP contribution in [0.5, 0.6) is 5.75 Å². The molecule has 178 valence electrons. The minimum absolute atomic E-state index is 0.236. The summed E-state index contributed by atoms with van der Waals surface area (Å²) in [5.41, 5.74) is 4.73. The number of hydrogen-bond acceptors (Lipinski definition) is 5. The second-order valence-corrected chi connectivity index (χ2v) is 9.81. The van der Waals surface area contributed by atoms with Gasteiger partial charge in [-0.25, -0.2) is 4.79 Å². The fourth-order valence-electron chi connectivity index (χ4n) is 4.00. The Bertz CT molecular complexity index is 1220. The SMILES string of the molecule is CCOC(=O)c1c(-c2ccc3c(c2)CCCC3)csc1NC(=O)C(C)Oc1ccc(Cl)cc1Cl. The van der Waals surface area contributed by atoms with E-state index in [2.05, 4.69) is 17.4 Å². The Morgan fingerprint density at radius 1 is 1.09 bits per heavy atom. The van der Waals surface area contributed by atoms with Gasteiger partial charge in [-0.05, 0) is 74.4 Å². The van der Waals surface area contributed by atoms with Gasteiger partial charge in [0.1, 0.15) is 16.3 Å². The number of thiophene rings is 1. The smallest absolute Gasteiger partial charge is 0.341 e. The van der Waals surface area contributed by atoms with Gasteiger partial charge < -0.3 is 14.8 Å². The van der Waals surface area contributed by atoms with Crippen LogP contribution in [0.25, 0.3) is 11.1 Å². The molecule has 1 N–H and O–H groups in total. The monoisotopic (exact) mass is 517 g/mol. The van der Waals surface area contributed by atoms with Crippen molar-refractivity contribution in [3.05, 3.63) is 68.5 Å². The number of benzene rings is 2. The standard InChI is InChI=1S/C26H25Cl2NO4S/c1-3-32-26(31)23-20(18-9-8-16-6-4-5-7-17(16)12-18)14-34-25(23)29-24(30)15(2)33-22-11-10-19(27)13-21(22)28/h8-15H,3-7H2,1-2H3,(H,29,30). The van der Waals surface area contributed by atoms with Gasteiger partial charge >= 0.3 is 5.97 Å². The van der Waals surface area contributed by atoms with Gasteiger partial charge in [0.15, 0.2) is 6.10 Å². The fourth-order valence-corrected chi connectivity index (χ4v) is 5.41. The molecule has 1 aliphatic rings. The summed E-state index contributed by atoms with van der Waals surface area (Å²) in [6.07, 6.45) is 3.63. The van der Waals surface area contributed by atoms with E-state index in [1.165, 1.54) is 35.3 Å². The number of rotatable bonds is 7. The molecule has 1 atom stereocenters. The molecule has 0 fully saturated rings. The van der Waals surface area contributed by atoms with Crippen molar-refractivity contribution in [1.29, 1.82) is 0 Å². The number of ether oxygens (including phenoxy) is 2. The molecule has 4 rings (SSSR count). The zero-order valence-electron chi connectivity index (χ0n) is 19.0. The molecule has 1 aliphatic carbocycles. The second kappa shape index (κ2) is 10.8. The number of halogens is 2. The summed E-state index contributed by atoms with van der Waals surface area (Å²) in [5.74, 6) is -0.531. The Hall–Kier alpha value is -2.54. The molecule has 0 saturated heterocycles. The lowest BCUT2D eigenvalue weighted by atomic mass is 9.89. The second-order valence-electron chi connectivity index (χ2n) is 8.09. The maximum absolute atomic E-state index is 12.9. The largest absolute Gasteiger partial charge is 0.479 e. The van der Waals surface area contributed by atoms with Gasteiger partial charge in [0.05, 0.1) is 11.6 Å². The molecule has 1 heterocycles. The molecule has 0 saturated carbocycles. The summed E-state index contributed by atoms with van der Waals surface area (Å²) < 4.78 is 11.0. The molecule has 1 unspecified atom stereocenters. The van der Waals surface area contributed by atoms with Crippen molar-refractivity contribution in [3.8, 4) is 16.9 Å². The molecule has 34 heavy (non-hydrogen) atoms. The van der Waals surface area contributed by atoms with Gasteiger partial charge in [0.2, 0.25) is 0 Å². The van der Waals surface area contributed by atoms with Gasteiger partial charge in [-0.2, -0.15) is 0 Å². The van der Waals surface area contributed by atoms with Crippen molar-refractivity contribution in [2.75, 3.05) is 11.9 Å². The van der Waals surface area contributed by atoms with Gasteiger partial charge in [0.25, 0.3) is 5.91 Å². The van der Waals surface area contributed by atoms with Crippen LogP contribution in [0.4, 0.5) is 5.00 Å². The number of carbonyl (C=O) groups excluding carboxylic acids is 2. The third-order valence-electron chi connectivity index (χ3n) is 5.73. The molecule has 5 nitrogen and oxygen atoms in total. The molecule has 0 bridgehead atoms. The van der Waals surface area contributed by atoms with Crippen molar-refractivity contribution in [1.82, 2.24) is 0 Å². The Balaban J connectivity index is 1.59. The minimum Gasteiger partial charge on any atom is -0.479 e. The Labute approximate surface area is 213 Å². The van der Waals surface area contributed by atoms with Crippen molar-refractivity contribution in [2.45, 2.75) is 45.6 Å². The van der Waals surface area contributed by atoms with E-state index in [4.69, 9.17) is 32.7 Å². The van der Waals surface area contributed by atoms with Crippen LogP contribution in [0.15, 0.2) is 41.8 Å². The predicted molar refractivity (Wildman–Crippen MR) is 138 cm³/mol. The summed E-state index contributed by atoms with van der Waals surface area (Å²) in [6, 6.07) is 11.1. The first-order valence-corrected chi connectivity index (χ1v) is 12.8. The normalized spacial score (nSPS) is 13.6. The van der Waals surface area contributed by atoms with E-state index in [0.717, 1.165) is 24.0 Å². The zero-order valence-corrected chi connectivity index (χ0v) is 21.3. The van der Waals surface area contributed by atoms with Crippen molar-refractivity contribution < 1.29 is 19.1 Å². The number of fused-ring (bicyclic) bond motifs is 1. The maximum atomic E-state index is 12.9. The highest BCUT2D eigenvalue weighted by Crippen LogP contribution is 2.38. The average molecular weight is 518 g/mol. The van der Waals surface area contributed by atoms with E-state index in [0.29, 0.717) is 26.4 Å². The number of carbonyl (C=O) groups is 2. The number of hydrogen-bond donors (Lipinski definition) is 1. The number of nitrogens with one attached hydrogen (secondary N) is 1. The van der Waals surface area contributed by atoms with Crippen LogP contribution in [0, 0.1) is 0 Å². The van der Waals surface area contributed by atoms with E-state index in [1.54, 1.807) is 32.0 Å². The van der Waals surface area contributed by atoms with Crippen LogP contribution in [-0.4, -0.2) is 24.6 Å². The molecule has 0 radical (unpaired) electrons. The molecule has 2 aromatic carbocycles. The van der Waals surface area contributed by atoms with Crippen LogP contribution in [0.2, 0.25) is 10.0 Å². The van der Waals surface area contributed by atoms with E-state index >= 15 is 0 Å². The molecular weight excluding hydrogens is 493 g/mol. The third-order valence-corrected chi connectivity index (χ3v) is 7.16. The molecule has 0 spiro atoms. The molecule has 1 aromatic heterocycles. The van der Waals surface area contributed by atoms with Gasteiger partial charge in [-0.1, -0.05) is 41.4 Å². The van der Waals surface area contributed by atoms with E-state index in [-0.39, 0.29) is 6.61 Å². The molecular formula is C26H25Cl2NO4S. The molecule has 0 aliphatic heterocycles. The number of esters is 1. The van der Waals surface area contributed by atoms with Crippen LogP contribution >= 0.6 is 34.5 Å². The van der Waals surface area contributed by atoms with Crippen molar-refractivity contribution >= 4 is 51.4 Å². The lowest BCUT2D eigenvalue weighted by molar-refractivity contribution is -0.122. The summed E-state index contributed by atoms with van der Waals surface area (Å²) >= 11 is 13.4. The lowest BCUT2D eigenvalue weighted by Gasteiger charge is -2.17. The summed E-state index contributed by atoms with van der Waals surface area (Å²) in [6.45, 7) is 3.61. The van der Waals surface area contributed by atoms with E-state index in [9.17, 15) is 9.59 Å². The molecule has 1 amide bonds. The summed E-state index contributed by atoms with van der Waals surface area (Å²) in [7, 11) is 0. The first-order chi connectivity index (χ1) is 16.4. The average Bonchev–Trinajstić information content (AvgIpc) is 3.24. The van der Waals surface area contributed by atoms with Crippen LogP contribution < -0.4 is 10.1 Å². The Morgan fingerprint density at radius 3 is 2.59 bits per heavy atom. The third kappa shape index (κ3) is 5.40. The highest BCUT2D eigenvalue weighted by atomic mass is 35.5. The Kier molecular flexibility index (Phi) is 7.81. The number of aryl methyl sites for hydroxylation is 2. The number of anilines is 1. The van der Waals surface area contributed by atoms with E-state index < -0.39 is 18.0 Å². The quantitative estimate of drug-likeness (QED) is 0.337. The summed E-state index contributed by atoms with van der Waals surface area (Å²) in [5, 5.41) is 5.93. The van der Waals surface area contributed by atoms with Crippen LogP contribution in [-0.2, 0) is 22.4 Å². The maximum Gasteiger partial charge on any atom is 0.341 e. The highest BCUT2D eigenvalue weighted by molar-refractivity contribution is 7.15. The first kappa shape index (κ1) is 24.6. The van der Waals surface area contributed by atoms with Crippen LogP contribution in [0.3, 0.4) is 0 Å². The summed E-state index contributed by atoms with van der Waals surface area (Å²) in [4.78, 5) is 25.8. The topological polar surface area (TPSA) is 64.6 Å². The van der Waals surface area contributed by atoms with Crippen molar-refractivity contribution in [2.24, 2.45) is 0 Å². The van der Waals surface area contributed by atoms with Gasteiger partial charge in [-0.3, -0.25) is 4.79 Å².